The molecule has 2 aromatic rings. The van der Waals surface area contributed by atoms with Gasteiger partial charge in [-0.15, -0.1) is 0 Å². The lowest BCUT2D eigenvalue weighted by atomic mass is 10.0. The Morgan fingerprint density at radius 3 is 2.92 bits per heavy atom. The normalized spacial score (nSPS) is 14.0. The van der Waals surface area contributed by atoms with Crippen molar-refractivity contribution in [3.63, 3.8) is 0 Å². The molecule has 0 saturated carbocycles. The summed E-state index contributed by atoms with van der Waals surface area (Å²) in [5, 5.41) is 16.4. The minimum absolute atomic E-state index is 0.162. The van der Waals surface area contributed by atoms with Crippen LogP contribution in [0, 0.1) is 25.2 Å². The zero-order valence-corrected chi connectivity index (χ0v) is 15.4. The molecule has 1 aliphatic carbocycles. The van der Waals surface area contributed by atoms with Crippen molar-refractivity contribution in [1.29, 1.82) is 5.26 Å². The Bertz CT molecular complexity index is 853. The maximum atomic E-state index is 12.6. The van der Waals surface area contributed by atoms with Gasteiger partial charge in [0.05, 0.1) is 10.8 Å². The van der Waals surface area contributed by atoms with E-state index in [0.717, 1.165) is 30.5 Å². The Labute approximate surface area is 151 Å². The van der Waals surface area contributed by atoms with Crippen molar-refractivity contribution in [2.45, 2.75) is 56.7 Å². The molecule has 2 aromatic heterocycles. The van der Waals surface area contributed by atoms with Gasteiger partial charge in [0, 0.05) is 11.8 Å². The fourth-order valence-electron chi connectivity index (χ4n) is 3.05. The lowest BCUT2D eigenvalue weighted by molar-refractivity contribution is -0.115. The number of nitriles is 1. The van der Waals surface area contributed by atoms with E-state index in [0.29, 0.717) is 28.6 Å². The van der Waals surface area contributed by atoms with E-state index in [1.54, 1.807) is 13.0 Å². The zero-order chi connectivity index (χ0) is 18.0. The molecule has 6 nitrogen and oxygen atoms in total. The number of anilines is 1. The molecule has 1 N–H and O–H groups in total. The van der Waals surface area contributed by atoms with Crippen LogP contribution in [-0.2, 0) is 17.6 Å². The third-order valence-electron chi connectivity index (χ3n) is 4.37. The first kappa shape index (κ1) is 17.5. The van der Waals surface area contributed by atoms with Crippen LogP contribution in [0.2, 0.25) is 0 Å². The van der Waals surface area contributed by atoms with Crippen molar-refractivity contribution >= 4 is 23.5 Å². The van der Waals surface area contributed by atoms with Crippen LogP contribution in [0.1, 0.15) is 47.9 Å². The Morgan fingerprint density at radius 1 is 1.48 bits per heavy atom. The van der Waals surface area contributed by atoms with Crippen LogP contribution in [0.15, 0.2) is 15.6 Å². The van der Waals surface area contributed by atoms with Crippen LogP contribution in [0.4, 0.5) is 5.82 Å². The first-order chi connectivity index (χ1) is 12.0. The molecule has 1 atom stereocenters. The number of fused-ring (bicyclic) bond motifs is 1. The van der Waals surface area contributed by atoms with Crippen molar-refractivity contribution in [3.05, 3.63) is 34.2 Å². The zero-order valence-electron chi connectivity index (χ0n) is 14.5. The van der Waals surface area contributed by atoms with Crippen LogP contribution in [0.25, 0.3) is 0 Å². The summed E-state index contributed by atoms with van der Waals surface area (Å²) in [6, 6.07) is 3.95. The summed E-state index contributed by atoms with van der Waals surface area (Å²) in [6.45, 7) is 5.69. The molecule has 2 heterocycles. The van der Waals surface area contributed by atoms with Gasteiger partial charge in [-0.25, -0.2) is 4.98 Å². The second kappa shape index (κ2) is 7.28. The maximum absolute atomic E-state index is 12.6. The number of nitrogens with zero attached hydrogens (tertiary/aromatic N) is 3. The number of thioether (sulfide) groups is 1. The van der Waals surface area contributed by atoms with Crippen LogP contribution in [0.3, 0.4) is 0 Å². The molecule has 0 fully saturated rings. The third-order valence-corrected chi connectivity index (χ3v) is 5.73. The molecule has 1 amide bonds. The molecule has 130 valence electrons. The average Bonchev–Trinajstić information content (AvgIpc) is 3.21. The molecular weight excluding hydrogens is 336 g/mol. The topological polar surface area (TPSA) is 91.8 Å². The van der Waals surface area contributed by atoms with Crippen molar-refractivity contribution in [2.75, 3.05) is 5.32 Å². The number of aryl methyl sites for hydroxylation is 2. The Hall–Kier alpha value is -2.33. The van der Waals surface area contributed by atoms with E-state index in [4.69, 9.17) is 9.51 Å². The highest BCUT2D eigenvalue weighted by molar-refractivity contribution is 8.00. The predicted octanol–water partition coefficient (Wildman–Crippen LogP) is 3.56. The second-order valence-electron chi connectivity index (χ2n) is 6.13. The lowest BCUT2D eigenvalue weighted by Crippen LogP contribution is -2.25. The Balaban J connectivity index is 1.83. The highest BCUT2D eigenvalue weighted by atomic mass is 32.2. The Kier molecular flexibility index (Phi) is 5.09. The van der Waals surface area contributed by atoms with E-state index in [1.807, 2.05) is 13.8 Å². The van der Waals surface area contributed by atoms with Crippen molar-refractivity contribution in [3.8, 4) is 6.07 Å². The molecule has 0 spiro atoms. The fourth-order valence-corrected chi connectivity index (χ4v) is 4.13. The first-order valence-electron chi connectivity index (χ1n) is 8.36. The Morgan fingerprint density at radius 2 is 2.28 bits per heavy atom. The van der Waals surface area contributed by atoms with E-state index < -0.39 is 0 Å². The maximum Gasteiger partial charge on any atom is 0.239 e. The average molecular weight is 356 g/mol. The predicted molar refractivity (Wildman–Crippen MR) is 95.5 cm³/mol. The van der Waals surface area contributed by atoms with Crippen molar-refractivity contribution < 1.29 is 9.32 Å². The van der Waals surface area contributed by atoms with E-state index in [-0.39, 0.29) is 11.2 Å². The summed E-state index contributed by atoms with van der Waals surface area (Å²) in [4.78, 5) is 17.2. The number of hydrogen-bond donors (Lipinski definition) is 1. The number of amides is 1. The number of carbonyl (C=O) groups is 1. The fraction of sp³-hybridized carbons (Fsp3) is 0.444. The molecule has 1 unspecified atom stereocenters. The summed E-state index contributed by atoms with van der Waals surface area (Å²) in [6.07, 6.45) is 3.62. The molecule has 0 bridgehead atoms. The molecule has 0 aliphatic heterocycles. The number of nitrogens with one attached hydrogen (secondary N) is 1. The molecule has 3 rings (SSSR count). The van der Waals surface area contributed by atoms with Gasteiger partial charge in [0.15, 0.2) is 5.82 Å². The first-order valence-corrected chi connectivity index (χ1v) is 9.24. The van der Waals surface area contributed by atoms with Gasteiger partial charge in [-0.2, -0.15) is 5.26 Å². The molecule has 7 heteroatoms. The van der Waals surface area contributed by atoms with Crippen LogP contribution >= 0.6 is 11.8 Å². The van der Waals surface area contributed by atoms with Crippen LogP contribution in [-0.4, -0.2) is 21.3 Å². The third kappa shape index (κ3) is 3.54. The standard InChI is InChI=1S/C18H20N4O2S/c1-4-15(17(23)21-16-8-10(2)24-22-16)25-18-13(9-19)11(3)12-6-5-7-14(12)20-18/h8,15H,4-7H2,1-3H3,(H,21,22,23). The van der Waals surface area contributed by atoms with E-state index in [2.05, 4.69) is 16.5 Å². The lowest BCUT2D eigenvalue weighted by Gasteiger charge is -2.16. The molecule has 1 aliphatic rings. The summed E-state index contributed by atoms with van der Waals surface area (Å²) in [5.41, 5.74) is 3.88. The minimum Gasteiger partial charge on any atom is -0.360 e. The number of hydrogen-bond acceptors (Lipinski definition) is 6. The summed E-state index contributed by atoms with van der Waals surface area (Å²) in [7, 11) is 0. The van der Waals surface area contributed by atoms with E-state index in [9.17, 15) is 10.1 Å². The SMILES string of the molecule is CCC(Sc1nc2c(c(C)c1C#N)CCC2)C(=O)Nc1cc(C)on1. The highest BCUT2D eigenvalue weighted by Crippen LogP contribution is 2.34. The highest BCUT2D eigenvalue weighted by Gasteiger charge is 2.25. The summed E-state index contributed by atoms with van der Waals surface area (Å²) >= 11 is 1.35. The minimum atomic E-state index is -0.351. The smallest absolute Gasteiger partial charge is 0.239 e. The second-order valence-corrected chi connectivity index (χ2v) is 7.33. The summed E-state index contributed by atoms with van der Waals surface area (Å²) < 4.78 is 4.97. The van der Waals surface area contributed by atoms with Gasteiger partial charge in [-0.05, 0) is 50.7 Å². The van der Waals surface area contributed by atoms with Gasteiger partial charge in [0.1, 0.15) is 16.9 Å². The largest absolute Gasteiger partial charge is 0.360 e. The summed E-state index contributed by atoms with van der Waals surface area (Å²) in [5.74, 6) is 0.878. The molecule has 25 heavy (non-hydrogen) atoms. The van der Waals surface area contributed by atoms with Crippen molar-refractivity contribution in [2.24, 2.45) is 0 Å². The monoisotopic (exact) mass is 356 g/mol. The van der Waals surface area contributed by atoms with Crippen LogP contribution < -0.4 is 5.32 Å². The van der Waals surface area contributed by atoms with Gasteiger partial charge in [-0.1, -0.05) is 23.8 Å². The van der Waals surface area contributed by atoms with Gasteiger partial charge in [0.25, 0.3) is 0 Å². The number of aromatic nitrogens is 2. The van der Waals surface area contributed by atoms with E-state index >= 15 is 0 Å². The van der Waals surface area contributed by atoms with E-state index in [1.165, 1.54) is 17.3 Å². The van der Waals surface area contributed by atoms with Gasteiger partial charge in [0.2, 0.25) is 5.91 Å². The molecule has 0 radical (unpaired) electrons. The number of carbonyl (C=O) groups excluding carboxylic acids is 1. The van der Waals surface area contributed by atoms with Gasteiger partial charge < -0.3 is 9.84 Å². The van der Waals surface area contributed by atoms with Gasteiger partial charge >= 0.3 is 0 Å². The number of rotatable bonds is 5. The molecule has 0 saturated heterocycles. The molecular formula is C18H20N4O2S. The molecule has 0 aromatic carbocycles. The van der Waals surface area contributed by atoms with Gasteiger partial charge in [-0.3, -0.25) is 4.79 Å². The quantitative estimate of drug-likeness (QED) is 0.824. The van der Waals surface area contributed by atoms with Crippen LogP contribution in [0.5, 0.6) is 0 Å². The van der Waals surface area contributed by atoms with Crippen molar-refractivity contribution in [1.82, 2.24) is 10.1 Å². The number of pyridine rings is 1.